The number of hydrogen-bond acceptors (Lipinski definition) is 5. The van der Waals surface area contributed by atoms with Crippen LogP contribution < -0.4 is 15.2 Å². The lowest BCUT2D eigenvalue weighted by Crippen LogP contribution is -2.35. The van der Waals surface area contributed by atoms with Crippen LogP contribution in [0.2, 0.25) is 0 Å². The molecule has 0 atom stereocenters. The SMILES string of the molecule is COc1ccc(/C=C2\C(=O)NN(c3ccc(I)cc3)C2=O)cc1[N+](=O)[O-]. The number of nitrogens with one attached hydrogen (secondary N) is 1. The summed E-state index contributed by atoms with van der Waals surface area (Å²) >= 11 is 2.13. The monoisotopic (exact) mass is 465 g/mol. The molecule has 0 aromatic heterocycles. The van der Waals surface area contributed by atoms with Crippen molar-refractivity contribution in [1.29, 1.82) is 0 Å². The molecule has 8 nitrogen and oxygen atoms in total. The van der Waals surface area contributed by atoms with Crippen molar-refractivity contribution < 1.29 is 19.2 Å². The third kappa shape index (κ3) is 3.38. The molecule has 132 valence electrons. The summed E-state index contributed by atoms with van der Waals surface area (Å²) < 4.78 is 5.93. The Morgan fingerprint density at radius 3 is 2.50 bits per heavy atom. The highest BCUT2D eigenvalue weighted by Gasteiger charge is 2.34. The van der Waals surface area contributed by atoms with Gasteiger partial charge in [0.1, 0.15) is 5.57 Å². The number of rotatable bonds is 4. The van der Waals surface area contributed by atoms with E-state index < -0.39 is 16.7 Å². The number of amides is 2. The van der Waals surface area contributed by atoms with E-state index in [-0.39, 0.29) is 17.0 Å². The number of hydrogen-bond donors (Lipinski definition) is 1. The van der Waals surface area contributed by atoms with Gasteiger partial charge in [0.25, 0.3) is 11.8 Å². The third-order valence-corrected chi connectivity index (χ3v) is 4.41. The highest BCUT2D eigenvalue weighted by Crippen LogP contribution is 2.29. The summed E-state index contributed by atoms with van der Waals surface area (Å²) in [5.74, 6) is -1.01. The van der Waals surface area contributed by atoms with E-state index in [2.05, 4.69) is 28.0 Å². The normalized spacial score (nSPS) is 15.3. The lowest BCUT2D eigenvalue weighted by atomic mass is 10.1. The number of carbonyl (C=O) groups excluding carboxylic acids is 2. The molecule has 2 aromatic rings. The third-order valence-electron chi connectivity index (χ3n) is 3.69. The predicted octanol–water partition coefficient (Wildman–Crippen LogP) is 2.67. The van der Waals surface area contributed by atoms with Gasteiger partial charge in [0.05, 0.1) is 17.7 Å². The molecule has 3 rings (SSSR count). The maximum atomic E-state index is 12.6. The Morgan fingerprint density at radius 1 is 1.19 bits per heavy atom. The number of methoxy groups -OCH3 is 1. The molecule has 0 saturated carbocycles. The smallest absolute Gasteiger partial charge is 0.311 e. The lowest BCUT2D eigenvalue weighted by Gasteiger charge is -2.14. The number of ether oxygens (including phenoxy) is 1. The van der Waals surface area contributed by atoms with Crippen molar-refractivity contribution >= 4 is 51.9 Å². The first-order valence-electron chi connectivity index (χ1n) is 7.36. The molecular formula is C17H12IN3O5. The first kappa shape index (κ1) is 17.9. The maximum Gasteiger partial charge on any atom is 0.311 e. The molecule has 1 saturated heterocycles. The van der Waals surface area contributed by atoms with Crippen molar-refractivity contribution in [2.75, 3.05) is 12.1 Å². The van der Waals surface area contributed by atoms with Crippen molar-refractivity contribution in [3.63, 3.8) is 0 Å². The van der Waals surface area contributed by atoms with Crippen LogP contribution in [0.3, 0.4) is 0 Å². The molecule has 1 aliphatic heterocycles. The average Bonchev–Trinajstić information content (AvgIpc) is 2.90. The number of hydrazine groups is 1. The van der Waals surface area contributed by atoms with E-state index in [0.29, 0.717) is 11.3 Å². The highest BCUT2D eigenvalue weighted by molar-refractivity contribution is 14.1. The second kappa shape index (κ2) is 7.12. The predicted molar refractivity (Wildman–Crippen MR) is 102 cm³/mol. The van der Waals surface area contributed by atoms with Gasteiger partial charge in [-0.2, -0.15) is 0 Å². The van der Waals surface area contributed by atoms with Crippen LogP contribution in [0.15, 0.2) is 48.0 Å². The zero-order chi connectivity index (χ0) is 18.8. The van der Waals surface area contributed by atoms with Crippen LogP contribution >= 0.6 is 22.6 Å². The Kier molecular flexibility index (Phi) is 4.89. The molecule has 1 fully saturated rings. The van der Waals surface area contributed by atoms with Gasteiger partial charge in [-0.05, 0) is 64.6 Å². The number of nitrogens with zero attached hydrogens (tertiary/aromatic N) is 2. The molecule has 2 aromatic carbocycles. The highest BCUT2D eigenvalue weighted by atomic mass is 127. The molecule has 1 heterocycles. The summed E-state index contributed by atoms with van der Waals surface area (Å²) in [5, 5.41) is 12.3. The summed E-state index contributed by atoms with van der Waals surface area (Å²) in [4.78, 5) is 35.3. The van der Waals surface area contributed by atoms with Crippen LogP contribution in [-0.2, 0) is 9.59 Å². The van der Waals surface area contributed by atoms with E-state index >= 15 is 0 Å². The number of nitro groups is 1. The minimum atomic E-state index is -0.588. The largest absolute Gasteiger partial charge is 0.490 e. The Balaban J connectivity index is 1.95. The van der Waals surface area contributed by atoms with E-state index in [1.54, 1.807) is 12.1 Å². The number of benzene rings is 2. The Labute approximate surface area is 161 Å². The summed E-state index contributed by atoms with van der Waals surface area (Å²) in [6, 6.07) is 11.2. The zero-order valence-corrected chi connectivity index (χ0v) is 15.6. The van der Waals surface area contributed by atoms with Gasteiger partial charge in [0, 0.05) is 9.64 Å². The summed E-state index contributed by atoms with van der Waals surface area (Å²) in [6.07, 6.45) is 1.32. The minimum Gasteiger partial charge on any atom is -0.490 e. The topological polar surface area (TPSA) is 102 Å². The van der Waals surface area contributed by atoms with Crippen LogP contribution in [-0.4, -0.2) is 23.8 Å². The number of nitro benzene ring substituents is 1. The van der Waals surface area contributed by atoms with Gasteiger partial charge in [-0.25, -0.2) is 5.01 Å². The fourth-order valence-electron chi connectivity index (χ4n) is 2.44. The quantitative estimate of drug-likeness (QED) is 0.246. The van der Waals surface area contributed by atoms with E-state index in [1.165, 1.54) is 31.4 Å². The molecular weight excluding hydrogens is 453 g/mol. The molecule has 2 amide bonds. The lowest BCUT2D eigenvalue weighted by molar-refractivity contribution is -0.385. The van der Waals surface area contributed by atoms with Crippen molar-refractivity contribution in [2.24, 2.45) is 0 Å². The molecule has 0 unspecified atom stereocenters. The molecule has 0 spiro atoms. The molecule has 0 radical (unpaired) electrons. The second-order valence-corrected chi connectivity index (χ2v) is 6.55. The zero-order valence-electron chi connectivity index (χ0n) is 13.4. The van der Waals surface area contributed by atoms with E-state index in [4.69, 9.17) is 4.74 Å². The van der Waals surface area contributed by atoms with Crippen LogP contribution in [0, 0.1) is 13.7 Å². The molecule has 0 aliphatic carbocycles. The Hall–Kier alpha value is -2.95. The molecule has 1 N–H and O–H groups in total. The summed E-state index contributed by atoms with van der Waals surface area (Å²) in [5.41, 5.74) is 3.00. The number of halogens is 1. The second-order valence-electron chi connectivity index (χ2n) is 5.30. The van der Waals surface area contributed by atoms with Crippen molar-refractivity contribution in [1.82, 2.24) is 5.43 Å². The molecule has 0 bridgehead atoms. The molecule has 9 heteroatoms. The Morgan fingerprint density at radius 2 is 1.88 bits per heavy atom. The van der Waals surface area contributed by atoms with E-state index in [0.717, 1.165) is 8.58 Å². The standard InChI is InChI=1S/C17H12IN3O5/c1-26-15-7-2-10(9-14(15)21(24)25)8-13-16(22)19-20(17(13)23)12-5-3-11(18)4-6-12/h2-9H,1H3,(H,19,22)/b13-8+. The molecule has 26 heavy (non-hydrogen) atoms. The Bertz CT molecular complexity index is 940. The summed E-state index contributed by atoms with van der Waals surface area (Å²) in [6.45, 7) is 0. The van der Waals surface area contributed by atoms with Crippen molar-refractivity contribution in [2.45, 2.75) is 0 Å². The van der Waals surface area contributed by atoms with Gasteiger partial charge in [-0.15, -0.1) is 0 Å². The van der Waals surface area contributed by atoms with Crippen LogP contribution in [0.5, 0.6) is 5.75 Å². The van der Waals surface area contributed by atoms with E-state index in [1.807, 2.05) is 12.1 Å². The van der Waals surface area contributed by atoms with Gasteiger partial charge in [0.2, 0.25) is 0 Å². The van der Waals surface area contributed by atoms with Gasteiger partial charge in [-0.1, -0.05) is 6.07 Å². The van der Waals surface area contributed by atoms with Gasteiger partial charge < -0.3 is 4.74 Å². The van der Waals surface area contributed by atoms with Crippen molar-refractivity contribution in [3.05, 3.63) is 67.3 Å². The molecule has 1 aliphatic rings. The fourth-order valence-corrected chi connectivity index (χ4v) is 2.80. The van der Waals surface area contributed by atoms with Crippen LogP contribution in [0.25, 0.3) is 6.08 Å². The van der Waals surface area contributed by atoms with Gasteiger partial charge in [-0.3, -0.25) is 25.1 Å². The first-order chi connectivity index (χ1) is 12.4. The van der Waals surface area contributed by atoms with Gasteiger partial charge >= 0.3 is 5.69 Å². The van der Waals surface area contributed by atoms with E-state index in [9.17, 15) is 19.7 Å². The number of anilines is 1. The van der Waals surface area contributed by atoms with Gasteiger partial charge in [0.15, 0.2) is 5.75 Å². The minimum absolute atomic E-state index is 0.0971. The number of carbonyl (C=O) groups is 2. The van der Waals surface area contributed by atoms with Crippen molar-refractivity contribution in [3.8, 4) is 5.75 Å². The first-order valence-corrected chi connectivity index (χ1v) is 8.43. The summed E-state index contributed by atoms with van der Waals surface area (Å²) in [7, 11) is 1.33. The maximum absolute atomic E-state index is 12.6. The van der Waals surface area contributed by atoms with Crippen LogP contribution in [0.4, 0.5) is 11.4 Å². The fraction of sp³-hybridized carbons (Fsp3) is 0.0588. The van der Waals surface area contributed by atoms with Crippen LogP contribution in [0.1, 0.15) is 5.56 Å². The average molecular weight is 465 g/mol.